The molecule has 0 unspecified atom stereocenters. The lowest BCUT2D eigenvalue weighted by atomic mass is 9.81. The molecule has 1 aromatic rings. The number of benzene rings is 1. The Labute approximate surface area is 116 Å². The van der Waals surface area contributed by atoms with Crippen LogP contribution in [0.4, 0.5) is 0 Å². The van der Waals surface area contributed by atoms with E-state index in [2.05, 4.69) is 11.6 Å². The van der Waals surface area contributed by atoms with Gasteiger partial charge in [-0.25, -0.2) is 13.1 Å². The zero-order valence-corrected chi connectivity index (χ0v) is 12.3. The van der Waals surface area contributed by atoms with E-state index < -0.39 is 10.0 Å². The Morgan fingerprint density at radius 2 is 1.63 bits per heavy atom. The first-order valence-electron chi connectivity index (χ1n) is 7.16. The zero-order valence-electron chi connectivity index (χ0n) is 11.5. The maximum atomic E-state index is 12.1. The Hall–Kier alpha value is -0.870. The zero-order chi connectivity index (χ0) is 13.7. The highest BCUT2D eigenvalue weighted by atomic mass is 32.2. The van der Waals surface area contributed by atoms with Crippen LogP contribution in [-0.2, 0) is 10.0 Å². The molecule has 0 atom stereocenters. The fourth-order valence-electron chi connectivity index (χ4n) is 2.75. The standard InChI is InChI=1S/C15H23NO2S/c1-2-13-8-10-14(11-9-13)12-16-19(17,18)15-6-4-3-5-7-15/h3-7,13-14,16H,2,8-12H2,1H3. The highest BCUT2D eigenvalue weighted by Gasteiger charge is 2.22. The molecule has 1 aliphatic rings. The van der Waals surface area contributed by atoms with Crippen LogP contribution in [0.1, 0.15) is 39.0 Å². The van der Waals surface area contributed by atoms with E-state index in [9.17, 15) is 8.42 Å². The van der Waals surface area contributed by atoms with E-state index in [1.165, 1.54) is 19.3 Å². The average molecular weight is 281 g/mol. The van der Waals surface area contributed by atoms with Crippen molar-refractivity contribution in [1.29, 1.82) is 0 Å². The van der Waals surface area contributed by atoms with E-state index in [0.717, 1.165) is 18.8 Å². The summed E-state index contributed by atoms with van der Waals surface area (Å²) < 4.78 is 26.9. The van der Waals surface area contributed by atoms with Crippen LogP contribution in [0.15, 0.2) is 35.2 Å². The molecule has 4 heteroatoms. The minimum Gasteiger partial charge on any atom is -0.211 e. The number of nitrogens with one attached hydrogen (secondary N) is 1. The van der Waals surface area contributed by atoms with Crippen molar-refractivity contribution >= 4 is 10.0 Å². The predicted octanol–water partition coefficient (Wildman–Crippen LogP) is 3.18. The normalized spacial score (nSPS) is 24.3. The van der Waals surface area contributed by atoms with Gasteiger partial charge in [-0.1, -0.05) is 44.4 Å². The van der Waals surface area contributed by atoms with Crippen LogP contribution >= 0.6 is 0 Å². The Kier molecular flexibility index (Phi) is 4.99. The van der Waals surface area contributed by atoms with Crippen molar-refractivity contribution in [1.82, 2.24) is 4.72 Å². The molecule has 106 valence electrons. The van der Waals surface area contributed by atoms with Gasteiger partial charge in [0.05, 0.1) is 4.90 Å². The highest BCUT2D eigenvalue weighted by molar-refractivity contribution is 7.89. The molecule has 0 bridgehead atoms. The Balaban J connectivity index is 1.86. The van der Waals surface area contributed by atoms with Crippen molar-refractivity contribution < 1.29 is 8.42 Å². The first-order valence-corrected chi connectivity index (χ1v) is 8.65. The van der Waals surface area contributed by atoms with Crippen LogP contribution in [-0.4, -0.2) is 15.0 Å². The van der Waals surface area contributed by atoms with Gasteiger partial charge in [-0.05, 0) is 36.8 Å². The van der Waals surface area contributed by atoms with Crippen LogP contribution in [0.5, 0.6) is 0 Å². The summed E-state index contributed by atoms with van der Waals surface area (Å²) in [7, 11) is -3.33. The molecule has 1 N–H and O–H groups in total. The maximum absolute atomic E-state index is 12.1. The van der Waals surface area contributed by atoms with Crippen LogP contribution in [0.25, 0.3) is 0 Å². The van der Waals surface area contributed by atoms with Crippen molar-refractivity contribution in [2.24, 2.45) is 11.8 Å². The fraction of sp³-hybridized carbons (Fsp3) is 0.600. The third kappa shape index (κ3) is 4.05. The van der Waals surface area contributed by atoms with E-state index in [1.54, 1.807) is 24.3 Å². The quantitative estimate of drug-likeness (QED) is 0.901. The highest BCUT2D eigenvalue weighted by Crippen LogP contribution is 2.30. The van der Waals surface area contributed by atoms with E-state index in [-0.39, 0.29) is 0 Å². The minimum atomic E-state index is -3.33. The van der Waals surface area contributed by atoms with Gasteiger partial charge in [0.15, 0.2) is 0 Å². The molecule has 0 heterocycles. The molecular formula is C15H23NO2S. The maximum Gasteiger partial charge on any atom is 0.240 e. The molecule has 3 nitrogen and oxygen atoms in total. The van der Waals surface area contributed by atoms with Gasteiger partial charge < -0.3 is 0 Å². The first-order chi connectivity index (χ1) is 9.12. The largest absolute Gasteiger partial charge is 0.240 e. The summed E-state index contributed by atoms with van der Waals surface area (Å²) >= 11 is 0. The molecule has 0 spiro atoms. The summed E-state index contributed by atoms with van der Waals surface area (Å²) in [6.45, 7) is 2.82. The summed E-state index contributed by atoms with van der Waals surface area (Å²) in [4.78, 5) is 0.359. The number of sulfonamides is 1. The van der Waals surface area contributed by atoms with Crippen LogP contribution < -0.4 is 4.72 Å². The molecule has 1 fully saturated rings. The van der Waals surface area contributed by atoms with Crippen molar-refractivity contribution in [2.75, 3.05) is 6.54 Å². The Morgan fingerprint density at radius 3 is 2.21 bits per heavy atom. The monoisotopic (exact) mass is 281 g/mol. The molecule has 1 aliphatic carbocycles. The SMILES string of the molecule is CCC1CCC(CNS(=O)(=O)c2ccccc2)CC1. The molecule has 1 aromatic carbocycles. The number of hydrogen-bond acceptors (Lipinski definition) is 2. The van der Waals surface area contributed by atoms with Gasteiger partial charge in [0.2, 0.25) is 10.0 Å². The molecule has 0 radical (unpaired) electrons. The van der Waals surface area contributed by atoms with E-state index in [4.69, 9.17) is 0 Å². The van der Waals surface area contributed by atoms with Crippen LogP contribution in [0, 0.1) is 11.8 Å². The van der Waals surface area contributed by atoms with Gasteiger partial charge in [0, 0.05) is 6.54 Å². The summed E-state index contributed by atoms with van der Waals surface area (Å²) in [6, 6.07) is 8.60. The van der Waals surface area contributed by atoms with Gasteiger partial charge in [-0.15, -0.1) is 0 Å². The van der Waals surface area contributed by atoms with Gasteiger partial charge in [0.25, 0.3) is 0 Å². The van der Waals surface area contributed by atoms with Crippen molar-refractivity contribution in [3.8, 4) is 0 Å². The van der Waals surface area contributed by atoms with Gasteiger partial charge in [-0.2, -0.15) is 0 Å². The molecular weight excluding hydrogens is 258 g/mol. The lowest BCUT2D eigenvalue weighted by Crippen LogP contribution is -2.31. The van der Waals surface area contributed by atoms with Crippen molar-refractivity contribution in [2.45, 2.75) is 43.9 Å². The molecule has 0 saturated heterocycles. The van der Waals surface area contributed by atoms with E-state index in [0.29, 0.717) is 17.4 Å². The summed E-state index contributed by atoms with van der Waals surface area (Å²) in [6.07, 6.45) is 6.04. The topological polar surface area (TPSA) is 46.2 Å². The molecule has 1 saturated carbocycles. The Bertz CT molecular complexity index is 476. The lowest BCUT2D eigenvalue weighted by Gasteiger charge is -2.27. The summed E-state index contributed by atoms with van der Waals surface area (Å²) in [5.74, 6) is 1.35. The number of rotatable bonds is 5. The molecule has 2 rings (SSSR count). The van der Waals surface area contributed by atoms with Crippen LogP contribution in [0.3, 0.4) is 0 Å². The second-order valence-electron chi connectivity index (χ2n) is 5.46. The van der Waals surface area contributed by atoms with Gasteiger partial charge >= 0.3 is 0 Å². The second-order valence-corrected chi connectivity index (χ2v) is 7.23. The second kappa shape index (κ2) is 6.53. The predicted molar refractivity (Wildman–Crippen MR) is 77.4 cm³/mol. The smallest absolute Gasteiger partial charge is 0.211 e. The molecule has 19 heavy (non-hydrogen) atoms. The van der Waals surface area contributed by atoms with Crippen molar-refractivity contribution in [3.05, 3.63) is 30.3 Å². The molecule has 0 aliphatic heterocycles. The van der Waals surface area contributed by atoms with Crippen molar-refractivity contribution in [3.63, 3.8) is 0 Å². The average Bonchev–Trinajstić information content (AvgIpc) is 2.47. The van der Waals surface area contributed by atoms with E-state index >= 15 is 0 Å². The number of hydrogen-bond donors (Lipinski definition) is 1. The van der Waals surface area contributed by atoms with Crippen LogP contribution in [0.2, 0.25) is 0 Å². The van der Waals surface area contributed by atoms with Gasteiger partial charge in [0.1, 0.15) is 0 Å². The Morgan fingerprint density at radius 1 is 1.05 bits per heavy atom. The third-order valence-electron chi connectivity index (χ3n) is 4.16. The van der Waals surface area contributed by atoms with Gasteiger partial charge in [-0.3, -0.25) is 0 Å². The summed E-state index contributed by atoms with van der Waals surface area (Å²) in [5.41, 5.74) is 0. The van der Waals surface area contributed by atoms with E-state index in [1.807, 2.05) is 6.07 Å². The first kappa shape index (κ1) is 14.5. The molecule has 0 aromatic heterocycles. The fourth-order valence-corrected chi connectivity index (χ4v) is 3.89. The lowest BCUT2D eigenvalue weighted by molar-refractivity contribution is 0.270. The molecule has 0 amide bonds. The summed E-state index contributed by atoms with van der Waals surface area (Å²) in [5, 5.41) is 0. The minimum absolute atomic E-state index is 0.359. The third-order valence-corrected chi connectivity index (χ3v) is 5.60.